The molecule has 1 aromatic heterocycles. The van der Waals surface area contributed by atoms with Crippen LogP contribution >= 0.6 is 15.9 Å². The van der Waals surface area contributed by atoms with E-state index in [2.05, 4.69) is 31.4 Å². The van der Waals surface area contributed by atoms with Crippen molar-refractivity contribution in [3.63, 3.8) is 0 Å². The van der Waals surface area contributed by atoms with E-state index in [1.54, 1.807) is 0 Å². The fourth-order valence-electron chi connectivity index (χ4n) is 2.92. The highest BCUT2D eigenvalue weighted by atomic mass is 79.9. The summed E-state index contributed by atoms with van der Waals surface area (Å²) in [5.41, 5.74) is 3.57. The summed E-state index contributed by atoms with van der Waals surface area (Å²) in [6, 6.07) is 19.6. The Bertz CT molecular complexity index is 869. The third kappa shape index (κ3) is 3.66. The lowest BCUT2D eigenvalue weighted by Crippen LogP contribution is -2.29. The van der Waals surface area contributed by atoms with E-state index in [4.69, 9.17) is 0 Å². The van der Waals surface area contributed by atoms with Crippen molar-refractivity contribution >= 4 is 21.8 Å². The number of amides is 1. The van der Waals surface area contributed by atoms with Crippen LogP contribution in [-0.2, 0) is 0 Å². The summed E-state index contributed by atoms with van der Waals surface area (Å²) in [6.07, 6.45) is 2.35. The average Bonchev–Trinajstić information content (AvgIpc) is 3.38. The average molecular weight is 396 g/mol. The Hall–Kier alpha value is -2.40. The van der Waals surface area contributed by atoms with Gasteiger partial charge in [0, 0.05) is 16.1 Å². The normalized spacial score (nSPS) is 14.9. The number of carbonyl (C=O) groups is 1. The van der Waals surface area contributed by atoms with Crippen molar-refractivity contribution in [2.45, 2.75) is 24.8 Å². The molecule has 0 bridgehead atoms. The molecule has 25 heavy (non-hydrogen) atoms. The fraction of sp³-hybridized carbons (Fsp3) is 0.200. The minimum atomic E-state index is -0.220. The highest BCUT2D eigenvalue weighted by Gasteiger charge is 2.27. The minimum absolute atomic E-state index is 0.167. The number of hydrogen-bond acceptors (Lipinski definition) is 2. The summed E-state index contributed by atoms with van der Waals surface area (Å²) in [4.78, 5) is 12.7. The summed E-state index contributed by atoms with van der Waals surface area (Å²) in [5, 5.41) is 10.3. The number of aromatic amines is 1. The van der Waals surface area contributed by atoms with Crippen LogP contribution in [0.3, 0.4) is 0 Å². The molecule has 1 saturated carbocycles. The summed E-state index contributed by atoms with van der Waals surface area (Å²) in [6.45, 7) is 0. The van der Waals surface area contributed by atoms with E-state index in [1.165, 1.54) is 12.8 Å². The molecule has 1 amide bonds. The van der Waals surface area contributed by atoms with Crippen LogP contribution in [0.25, 0.3) is 0 Å². The van der Waals surface area contributed by atoms with Gasteiger partial charge in [-0.2, -0.15) is 5.10 Å². The van der Waals surface area contributed by atoms with Gasteiger partial charge in [-0.1, -0.05) is 58.4 Å². The Balaban J connectivity index is 1.61. The van der Waals surface area contributed by atoms with E-state index < -0.39 is 0 Å². The molecule has 1 heterocycles. The van der Waals surface area contributed by atoms with E-state index >= 15 is 0 Å². The van der Waals surface area contributed by atoms with Crippen LogP contribution in [0.1, 0.15) is 52.1 Å². The highest BCUT2D eigenvalue weighted by Crippen LogP contribution is 2.39. The summed E-state index contributed by atoms with van der Waals surface area (Å²) in [5.74, 6) is 0.380. The topological polar surface area (TPSA) is 57.8 Å². The van der Waals surface area contributed by atoms with Crippen molar-refractivity contribution in [3.05, 3.63) is 87.7 Å². The first-order chi connectivity index (χ1) is 12.2. The van der Waals surface area contributed by atoms with Gasteiger partial charge < -0.3 is 5.32 Å². The molecule has 2 N–H and O–H groups in total. The second-order valence-corrected chi connectivity index (χ2v) is 7.27. The molecule has 0 radical (unpaired) electrons. The number of hydrogen-bond donors (Lipinski definition) is 2. The Labute approximate surface area is 154 Å². The molecular formula is C20H18BrN3O. The molecule has 4 nitrogen and oxygen atoms in total. The largest absolute Gasteiger partial charge is 0.340 e. The predicted octanol–water partition coefficient (Wildman–Crippen LogP) is 4.57. The lowest BCUT2D eigenvalue weighted by molar-refractivity contribution is 0.0938. The summed E-state index contributed by atoms with van der Waals surface area (Å²) < 4.78 is 1.01. The Morgan fingerprint density at radius 2 is 1.76 bits per heavy atom. The van der Waals surface area contributed by atoms with E-state index in [1.807, 2.05) is 60.7 Å². The molecular weight excluding hydrogens is 378 g/mol. The molecule has 5 heteroatoms. The van der Waals surface area contributed by atoms with Gasteiger partial charge in [0.05, 0.1) is 6.04 Å². The summed E-state index contributed by atoms with van der Waals surface area (Å²) in [7, 11) is 0. The van der Waals surface area contributed by atoms with Gasteiger partial charge in [-0.25, -0.2) is 0 Å². The number of rotatable bonds is 5. The first kappa shape index (κ1) is 16.1. The number of carbonyl (C=O) groups excluding carboxylic acids is 1. The van der Waals surface area contributed by atoms with E-state index in [0.29, 0.717) is 11.6 Å². The smallest absolute Gasteiger partial charge is 0.272 e. The highest BCUT2D eigenvalue weighted by molar-refractivity contribution is 9.10. The van der Waals surface area contributed by atoms with Gasteiger partial charge in [-0.15, -0.1) is 0 Å². The number of halogens is 1. The van der Waals surface area contributed by atoms with Crippen molar-refractivity contribution in [2.75, 3.05) is 0 Å². The molecule has 1 fully saturated rings. The van der Waals surface area contributed by atoms with Gasteiger partial charge in [-0.05, 0) is 42.2 Å². The lowest BCUT2D eigenvalue weighted by Gasteiger charge is -2.19. The maximum Gasteiger partial charge on any atom is 0.272 e. The number of aromatic nitrogens is 2. The molecule has 2 aromatic carbocycles. The molecule has 1 unspecified atom stereocenters. The van der Waals surface area contributed by atoms with E-state index in [9.17, 15) is 4.79 Å². The van der Waals surface area contributed by atoms with Gasteiger partial charge in [0.2, 0.25) is 0 Å². The quantitative estimate of drug-likeness (QED) is 0.664. The van der Waals surface area contributed by atoms with Gasteiger partial charge in [-0.3, -0.25) is 9.89 Å². The lowest BCUT2D eigenvalue weighted by atomic mass is 9.98. The van der Waals surface area contributed by atoms with Crippen molar-refractivity contribution in [2.24, 2.45) is 0 Å². The second-order valence-electron chi connectivity index (χ2n) is 6.35. The molecule has 0 saturated heterocycles. The van der Waals surface area contributed by atoms with Crippen LogP contribution in [0, 0.1) is 0 Å². The maximum absolute atomic E-state index is 12.7. The SMILES string of the molecule is O=C(NC(c1ccccc1)c1ccc(Br)cc1)c1cc(C2CC2)[nH]n1. The van der Waals surface area contributed by atoms with Crippen LogP contribution in [0.4, 0.5) is 0 Å². The maximum atomic E-state index is 12.7. The second kappa shape index (κ2) is 6.84. The third-order valence-corrected chi connectivity index (χ3v) is 4.99. The number of H-pyrrole nitrogens is 1. The Morgan fingerprint density at radius 1 is 1.08 bits per heavy atom. The van der Waals surface area contributed by atoms with Crippen LogP contribution in [-0.4, -0.2) is 16.1 Å². The minimum Gasteiger partial charge on any atom is -0.340 e. The first-order valence-electron chi connectivity index (χ1n) is 8.37. The molecule has 1 aliphatic carbocycles. The van der Waals surface area contributed by atoms with Gasteiger partial charge >= 0.3 is 0 Å². The summed E-state index contributed by atoms with van der Waals surface area (Å²) >= 11 is 3.46. The zero-order chi connectivity index (χ0) is 17.2. The van der Waals surface area contributed by atoms with Crippen LogP contribution < -0.4 is 5.32 Å². The molecule has 4 rings (SSSR count). The zero-order valence-electron chi connectivity index (χ0n) is 13.6. The fourth-order valence-corrected chi connectivity index (χ4v) is 3.19. The number of benzene rings is 2. The van der Waals surface area contributed by atoms with Crippen molar-refractivity contribution in [1.29, 1.82) is 0 Å². The van der Waals surface area contributed by atoms with Gasteiger partial charge in [0.15, 0.2) is 0 Å². The van der Waals surface area contributed by atoms with Crippen LogP contribution in [0.2, 0.25) is 0 Å². The molecule has 126 valence electrons. The molecule has 1 atom stereocenters. The van der Waals surface area contributed by atoms with Crippen LogP contribution in [0.5, 0.6) is 0 Å². The molecule has 0 aliphatic heterocycles. The monoisotopic (exact) mass is 395 g/mol. The standard InChI is InChI=1S/C20H18BrN3O/c21-16-10-8-15(9-11-16)19(14-4-2-1-3-5-14)22-20(25)18-12-17(23-24-18)13-6-7-13/h1-5,8-13,19H,6-7H2,(H,22,25)(H,23,24). The van der Waals surface area contributed by atoms with Crippen molar-refractivity contribution in [1.82, 2.24) is 15.5 Å². The van der Waals surface area contributed by atoms with E-state index in [-0.39, 0.29) is 11.9 Å². The zero-order valence-corrected chi connectivity index (χ0v) is 15.2. The van der Waals surface area contributed by atoms with Gasteiger partial charge in [0.1, 0.15) is 5.69 Å². The Kier molecular flexibility index (Phi) is 4.40. The predicted molar refractivity (Wildman–Crippen MR) is 100 cm³/mol. The Morgan fingerprint density at radius 3 is 2.44 bits per heavy atom. The van der Waals surface area contributed by atoms with Gasteiger partial charge in [0.25, 0.3) is 5.91 Å². The molecule has 3 aromatic rings. The molecule has 0 spiro atoms. The third-order valence-electron chi connectivity index (χ3n) is 4.46. The van der Waals surface area contributed by atoms with E-state index in [0.717, 1.165) is 21.3 Å². The molecule has 1 aliphatic rings. The van der Waals surface area contributed by atoms with Crippen LogP contribution in [0.15, 0.2) is 65.1 Å². The van der Waals surface area contributed by atoms with Crippen molar-refractivity contribution < 1.29 is 4.79 Å². The number of nitrogens with zero attached hydrogens (tertiary/aromatic N) is 1. The first-order valence-corrected chi connectivity index (χ1v) is 9.16. The van der Waals surface area contributed by atoms with Crippen molar-refractivity contribution in [3.8, 4) is 0 Å². The number of nitrogens with one attached hydrogen (secondary N) is 2.